The topological polar surface area (TPSA) is 176 Å². The highest BCUT2D eigenvalue weighted by Crippen LogP contribution is 2.34. The maximum absolute atomic E-state index is 12.9. The summed E-state index contributed by atoms with van der Waals surface area (Å²) in [6, 6.07) is 10.4. The van der Waals surface area contributed by atoms with Crippen molar-refractivity contribution in [3.05, 3.63) is 70.3 Å². The molecule has 2 aromatic rings. The summed E-state index contributed by atoms with van der Waals surface area (Å²) in [7, 11) is 0. The molecule has 45 heavy (non-hydrogen) atoms. The lowest BCUT2D eigenvalue weighted by Crippen LogP contribution is -2.67. The molecular weight excluding hydrogens is 610 g/mol. The van der Waals surface area contributed by atoms with Crippen LogP contribution in [0.5, 0.6) is 17.2 Å². The van der Waals surface area contributed by atoms with Crippen LogP contribution in [0.15, 0.2) is 59.7 Å². The normalized spacial score (nSPS) is 31.8. The minimum atomic E-state index is -1.47. The van der Waals surface area contributed by atoms with Crippen LogP contribution in [0.3, 0.4) is 0 Å². The average molecular weight is 648 g/mol. The largest absolute Gasteiger partial charge is 0.504 e. The second-order valence-electron chi connectivity index (χ2n) is 11.2. The van der Waals surface area contributed by atoms with Crippen molar-refractivity contribution in [1.29, 1.82) is 0 Å². The Balaban J connectivity index is 1.17. The predicted molar refractivity (Wildman–Crippen MR) is 162 cm³/mol. The van der Waals surface area contributed by atoms with Crippen molar-refractivity contribution >= 4 is 23.6 Å². The van der Waals surface area contributed by atoms with E-state index in [9.17, 15) is 30.3 Å². The molecule has 0 radical (unpaired) electrons. The Morgan fingerprint density at radius 1 is 1.07 bits per heavy atom. The molecule has 1 amide bonds. The number of carbonyl (C=O) groups is 1. The zero-order valence-corrected chi connectivity index (χ0v) is 25.5. The summed E-state index contributed by atoms with van der Waals surface area (Å²) in [5, 5.41) is 55.9. The van der Waals surface area contributed by atoms with Gasteiger partial charge in [-0.1, -0.05) is 30.7 Å². The van der Waals surface area contributed by atoms with Gasteiger partial charge >= 0.3 is 0 Å². The zero-order chi connectivity index (χ0) is 32.2. The number of phenolic OH excluding ortho intramolecular Hbond substituents is 1. The fraction of sp³-hybridized carbons (Fsp3) is 0.469. The number of aliphatic hydroxyl groups is 4. The standard InChI is InChI=1S/C32H38ClNO11/c1-3-18(9-10-41-20-6-4-5-19(33)13-20)29-22(36)14-24(45-29)44-23-8-7-17(12-21(23)35)11-16(2)32(40)34-25-26(37)28(39)31-30(27(25)38)42-15-43-31/h4-9,11-13,22,24-31,35-39H,3,10,14-15H2,1-2H3,(H,34,40)/b16-11+,18-9+/t22-,24+,25+,26-,27+,28+,29+,30-,31+/m0/s1. The molecule has 5 rings (SSSR count). The molecule has 0 bridgehead atoms. The van der Waals surface area contributed by atoms with Gasteiger partial charge < -0.3 is 54.5 Å². The Bertz CT molecular complexity index is 1420. The third kappa shape index (κ3) is 7.62. The van der Waals surface area contributed by atoms with Gasteiger partial charge in [-0.3, -0.25) is 4.79 Å². The van der Waals surface area contributed by atoms with Gasteiger partial charge in [0.1, 0.15) is 55.8 Å². The van der Waals surface area contributed by atoms with Gasteiger partial charge in [0.2, 0.25) is 12.2 Å². The summed E-state index contributed by atoms with van der Waals surface area (Å²) in [5.74, 6) is -0.0404. The third-order valence-electron chi connectivity index (χ3n) is 8.13. The van der Waals surface area contributed by atoms with E-state index in [-0.39, 0.29) is 36.9 Å². The number of aromatic hydroxyl groups is 1. The van der Waals surface area contributed by atoms with Crippen LogP contribution in [0.25, 0.3) is 6.08 Å². The molecule has 3 fully saturated rings. The molecule has 2 aromatic carbocycles. The summed E-state index contributed by atoms with van der Waals surface area (Å²) < 4.78 is 28.1. The molecule has 244 valence electrons. The summed E-state index contributed by atoms with van der Waals surface area (Å²) in [6.45, 7) is 3.61. The second kappa shape index (κ2) is 14.5. The van der Waals surface area contributed by atoms with Crippen molar-refractivity contribution in [3.63, 3.8) is 0 Å². The van der Waals surface area contributed by atoms with Gasteiger partial charge in [-0.05, 0) is 67.0 Å². The smallest absolute Gasteiger partial charge is 0.247 e. The molecular formula is C32H38ClNO11. The first-order chi connectivity index (χ1) is 21.5. The van der Waals surface area contributed by atoms with Gasteiger partial charge in [0.25, 0.3) is 0 Å². The van der Waals surface area contributed by atoms with Crippen molar-refractivity contribution in [2.24, 2.45) is 0 Å². The summed E-state index contributed by atoms with van der Waals surface area (Å²) in [5.41, 5.74) is 1.54. The van der Waals surface area contributed by atoms with Crippen molar-refractivity contribution < 1.29 is 54.0 Å². The monoisotopic (exact) mass is 647 g/mol. The van der Waals surface area contributed by atoms with Crippen LogP contribution in [-0.2, 0) is 19.0 Å². The fourth-order valence-electron chi connectivity index (χ4n) is 5.71. The highest BCUT2D eigenvalue weighted by atomic mass is 35.5. The van der Waals surface area contributed by atoms with Crippen LogP contribution in [0.1, 0.15) is 32.3 Å². The van der Waals surface area contributed by atoms with Crippen molar-refractivity contribution in [1.82, 2.24) is 5.32 Å². The highest BCUT2D eigenvalue weighted by Gasteiger charge is 2.53. The Morgan fingerprint density at radius 2 is 1.82 bits per heavy atom. The quantitative estimate of drug-likeness (QED) is 0.164. The van der Waals surface area contributed by atoms with E-state index >= 15 is 0 Å². The molecule has 1 saturated carbocycles. The predicted octanol–water partition coefficient (Wildman–Crippen LogP) is 2.04. The van der Waals surface area contributed by atoms with Gasteiger partial charge in [0.05, 0.1) is 12.1 Å². The SMILES string of the molecule is CC/C(=C\COc1cccc(Cl)c1)[C@H]1O[C@@H](Oc2ccc(/C=C(\C)C(=O)N[C@@H]3[C@H](O)[C@@H](O)[C@H]4OCO[C@H]4[C@@H]3O)cc2O)C[C@@H]1O. The number of aliphatic hydroxyl groups excluding tert-OH is 4. The lowest BCUT2D eigenvalue weighted by molar-refractivity contribution is -0.155. The maximum Gasteiger partial charge on any atom is 0.247 e. The molecule has 0 unspecified atom stereocenters. The summed E-state index contributed by atoms with van der Waals surface area (Å²) >= 11 is 6.00. The molecule has 9 atom stereocenters. The van der Waals surface area contributed by atoms with Crippen molar-refractivity contribution in [2.45, 2.75) is 81.7 Å². The van der Waals surface area contributed by atoms with E-state index in [2.05, 4.69) is 5.32 Å². The van der Waals surface area contributed by atoms with Crippen LogP contribution in [-0.4, -0.2) is 99.9 Å². The first-order valence-corrected chi connectivity index (χ1v) is 15.1. The number of hydrogen-bond donors (Lipinski definition) is 6. The number of carbonyl (C=O) groups excluding carboxylic acids is 1. The Morgan fingerprint density at radius 3 is 2.53 bits per heavy atom. The maximum atomic E-state index is 12.9. The van der Waals surface area contributed by atoms with Crippen LogP contribution in [0.2, 0.25) is 5.02 Å². The Kier molecular flexibility index (Phi) is 10.7. The first-order valence-electron chi connectivity index (χ1n) is 14.7. The van der Waals surface area contributed by atoms with E-state index < -0.39 is 61.0 Å². The van der Waals surface area contributed by atoms with Crippen LogP contribution in [0.4, 0.5) is 0 Å². The van der Waals surface area contributed by atoms with Crippen molar-refractivity contribution in [3.8, 4) is 17.2 Å². The second-order valence-corrected chi connectivity index (χ2v) is 11.7. The summed E-state index contributed by atoms with van der Waals surface area (Å²) in [4.78, 5) is 12.9. The molecule has 2 heterocycles. The molecule has 0 spiro atoms. The fourth-order valence-corrected chi connectivity index (χ4v) is 5.89. The van der Waals surface area contributed by atoms with Gasteiger partial charge in [-0.25, -0.2) is 0 Å². The first kappa shape index (κ1) is 33.2. The number of benzene rings is 2. The van der Waals surface area contributed by atoms with Gasteiger partial charge in [0, 0.05) is 17.0 Å². The van der Waals surface area contributed by atoms with Gasteiger partial charge in [-0.15, -0.1) is 0 Å². The number of hydrogen-bond acceptors (Lipinski definition) is 11. The molecule has 0 aromatic heterocycles. The third-order valence-corrected chi connectivity index (χ3v) is 8.37. The Labute approximate surface area is 265 Å². The van der Waals surface area contributed by atoms with Crippen LogP contribution >= 0.6 is 11.6 Å². The zero-order valence-electron chi connectivity index (χ0n) is 24.8. The molecule has 6 N–H and O–H groups in total. The number of ether oxygens (including phenoxy) is 5. The lowest BCUT2D eigenvalue weighted by Gasteiger charge is -2.41. The molecule has 1 aliphatic carbocycles. The van der Waals surface area contributed by atoms with E-state index in [0.29, 0.717) is 22.8 Å². The Hall–Kier alpha value is -3.20. The van der Waals surface area contributed by atoms with Gasteiger partial charge in [-0.2, -0.15) is 0 Å². The minimum absolute atomic E-state index is 0.134. The van der Waals surface area contributed by atoms with E-state index in [4.69, 9.17) is 35.3 Å². The number of fused-ring (bicyclic) bond motifs is 1. The molecule has 2 saturated heterocycles. The number of amides is 1. The molecule has 13 heteroatoms. The number of halogens is 1. The van der Waals surface area contributed by atoms with Crippen LogP contribution in [0, 0.1) is 0 Å². The highest BCUT2D eigenvalue weighted by molar-refractivity contribution is 6.30. The molecule has 3 aliphatic rings. The van der Waals surface area contributed by atoms with E-state index in [1.54, 1.807) is 30.3 Å². The van der Waals surface area contributed by atoms with Crippen molar-refractivity contribution in [2.75, 3.05) is 13.4 Å². The van der Waals surface area contributed by atoms with Crippen LogP contribution < -0.4 is 14.8 Å². The number of nitrogens with one attached hydrogen (secondary N) is 1. The number of rotatable bonds is 10. The minimum Gasteiger partial charge on any atom is -0.504 e. The van der Waals surface area contributed by atoms with Gasteiger partial charge in [0.15, 0.2) is 11.5 Å². The average Bonchev–Trinajstić information content (AvgIpc) is 3.65. The molecule has 12 nitrogen and oxygen atoms in total. The molecule has 2 aliphatic heterocycles. The van der Waals surface area contributed by atoms with E-state index in [1.807, 2.05) is 13.0 Å². The lowest BCUT2D eigenvalue weighted by atomic mass is 9.83. The summed E-state index contributed by atoms with van der Waals surface area (Å²) in [6.07, 6.45) is -3.96. The number of phenols is 1. The van der Waals surface area contributed by atoms with E-state index in [0.717, 1.165) is 5.57 Å². The van der Waals surface area contributed by atoms with E-state index in [1.165, 1.54) is 25.1 Å².